The summed E-state index contributed by atoms with van der Waals surface area (Å²) in [7, 11) is 0. The average Bonchev–Trinajstić information content (AvgIpc) is 2.43. The Hall–Kier alpha value is -1.20. The standard InChI is InChI=1S/C8H5ClN2O2S/c1-3-10-2-4-5(9)6(8(12)13)14-7(4)11-3/h2H,1H3,(H,12,13). The summed E-state index contributed by atoms with van der Waals surface area (Å²) in [5.74, 6) is -0.428. The number of carboxylic acids is 1. The summed E-state index contributed by atoms with van der Waals surface area (Å²) in [4.78, 5) is 19.5. The van der Waals surface area contributed by atoms with Crippen LogP contribution in [0.2, 0.25) is 5.02 Å². The molecule has 72 valence electrons. The summed E-state index contributed by atoms with van der Waals surface area (Å²) in [6, 6.07) is 0. The Morgan fingerprint density at radius 1 is 1.64 bits per heavy atom. The molecule has 0 amide bonds. The lowest BCUT2D eigenvalue weighted by Gasteiger charge is -1.90. The van der Waals surface area contributed by atoms with Crippen LogP contribution in [0.25, 0.3) is 10.2 Å². The molecule has 0 atom stereocenters. The minimum Gasteiger partial charge on any atom is -0.477 e. The maximum Gasteiger partial charge on any atom is 0.347 e. The summed E-state index contributed by atoms with van der Waals surface area (Å²) in [5, 5.41) is 9.63. The Morgan fingerprint density at radius 3 is 3.00 bits per heavy atom. The van der Waals surface area contributed by atoms with Crippen LogP contribution in [-0.4, -0.2) is 21.0 Å². The zero-order chi connectivity index (χ0) is 10.3. The number of carboxylic acid groups (broad SMARTS) is 1. The Balaban J connectivity index is 2.79. The van der Waals surface area contributed by atoms with Crippen molar-refractivity contribution in [2.75, 3.05) is 0 Å². The number of hydrogen-bond donors (Lipinski definition) is 1. The molecular weight excluding hydrogens is 224 g/mol. The molecule has 0 aliphatic rings. The van der Waals surface area contributed by atoms with Crippen LogP contribution in [0, 0.1) is 6.92 Å². The lowest BCUT2D eigenvalue weighted by molar-refractivity contribution is 0.0702. The molecule has 4 nitrogen and oxygen atoms in total. The molecule has 1 N–H and O–H groups in total. The van der Waals surface area contributed by atoms with E-state index in [2.05, 4.69) is 9.97 Å². The first-order valence-corrected chi connectivity index (χ1v) is 4.94. The zero-order valence-corrected chi connectivity index (χ0v) is 8.69. The number of thiophene rings is 1. The van der Waals surface area contributed by atoms with E-state index in [1.54, 1.807) is 13.1 Å². The summed E-state index contributed by atoms with van der Waals surface area (Å²) in [6.07, 6.45) is 1.54. The van der Waals surface area contributed by atoms with Gasteiger partial charge in [0.15, 0.2) is 0 Å². The molecule has 0 bridgehead atoms. The number of halogens is 1. The number of nitrogens with zero attached hydrogens (tertiary/aromatic N) is 2. The Morgan fingerprint density at radius 2 is 2.36 bits per heavy atom. The summed E-state index contributed by atoms with van der Waals surface area (Å²) >= 11 is 6.92. The van der Waals surface area contributed by atoms with E-state index >= 15 is 0 Å². The number of aromatic carboxylic acids is 1. The van der Waals surface area contributed by atoms with Crippen molar-refractivity contribution >= 4 is 39.1 Å². The first-order chi connectivity index (χ1) is 6.59. The van der Waals surface area contributed by atoms with Gasteiger partial charge in [0.1, 0.15) is 15.5 Å². The van der Waals surface area contributed by atoms with E-state index in [1.807, 2.05) is 0 Å². The normalized spacial score (nSPS) is 10.7. The van der Waals surface area contributed by atoms with Gasteiger partial charge in [0.2, 0.25) is 0 Å². The number of hydrogen-bond acceptors (Lipinski definition) is 4. The molecule has 2 aromatic heterocycles. The topological polar surface area (TPSA) is 63.1 Å². The van der Waals surface area contributed by atoms with Crippen LogP contribution in [0.1, 0.15) is 15.5 Å². The predicted octanol–water partition coefficient (Wildman–Crippen LogP) is 2.35. The number of rotatable bonds is 1. The maximum absolute atomic E-state index is 10.8. The monoisotopic (exact) mass is 228 g/mol. The molecule has 2 rings (SSSR count). The van der Waals surface area contributed by atoms with E-state index < -0.39 is 5.97 Å². The molecule has 6 heteroatoms. The van der Waals surface area contributed by atoms with E-state index in [-0.39, 0.29) is 9.90 Å². The van der Waals surface area contributed by atoms with Crippen molar-refractivity contribution in [3.05, 3.63) is 21.9 Å². The van der Waals surface area contributed by atoms with Gasteiger partial charge in [0, 0.05) is 11.6 Å². The molecule has 2 heterocycles. The molecule has 0 radical (unpaired) electrons. The largest absolute Gasteiger partial charge is 0.477 e. The SMILES string of the molecule is Cc1ncc2c(Cl)c(C(=O)O)sc2n1. The van der Waals surface area contributed by atoms with Crippen LogP contribution >= 0.6 is 22.9 Å². The van der Waals surface area contributed by atoms with Gasteiger partial charge in [-0.3, -0.25) is 0 Å². The molecule has 0 spiro atoms. The van der Waals surface area contributed by atoms with Crippen molar-refractivity contribution in [2.24, 2.45) is 0 Å². The van der Waals surface area contributed by atoms with Crippen LogP contribution in [-0.2, 0) is 0 Å². The van der Waals surface area contributed by atoms with Crippen molar-refractivity contribution in [3.8, 4) is 0 Å². The maximum atomic E-state index is 10.8. The number of aryl methyl sites for hydroxylation is 1. The fraction of sp³-hybridized carbons (Fsp3) is 0.125. The number of fused-ring (bicyclic) bond motifs is 1. The van der Waals surface area contributed by atoms with Crippen molar-refractivity contribution in [1.82, 2.24) is 9.97 Å². The molecular formula is C8H5ClN2O2S. The molecule has 0 saturated carbocycles. The fourth-order valence-electron chi connectivity index (χ4n) is 1.08. The number of aromatic nitrogens is 2. The van der Waals surface area contributed by atoms with Gasteiger partial charge in [-0.1, -0.05) is 11.6 Å². The Kier molecular flexibility index (Phi) is 2.13. The third-order valence-electron chi connectivity index (χ3n) is 1.70. The van der Waals surface area contributed by atoms with Gasteiger partial charge in [0.05, 0.1) is 5.02 Å². The van der Waals surface area contributed by atoms with Crippen molar-refractivity contribution in [1.29, 1.82) is 0 Å². The van der Waals surface area contributed by atoms with Gasteiger partial charge in [0.25, 0.3) is 0 Å². The molecule has 2 aromatic rings. The first kappa shape index (κ1) is 9.36. The van der Waals surface area contributed by atoms with Gasteiger partial charge in [-0.05, 0) is 6.92 Å². The molecule has 0 unspecified atom stereocenters. The molecule has 0 aliphatic heterocycles. The molecule has 0 fully saturated rings. The average molecular weight is 229 g/mol. The van der Waals surface area contributed by atoms with Crippen LogP contribution in [0.4, 0.5) is 0 Å². The second-order valence-corrected chi connectivity index (χ2v) is 4.06. The van der Waals surface area contributed by atoms with Crippen LogP contribution in [0.3, 0.4) is 0 Å². The lowest BCUT2D eigenvalue weighted by atomic mass is 10.3. The van der Waals surface area contributed by atoms with Crippen molar-refractivity contribution < 1.29 is 9.90 Å². The first-order valence-electron chi connectivity index (χ1n) is 3.74. The highest BCUT2D eigenvalue weighted by Crippen LogP contribution is 2.33. The van der Waals surface area contributed by atoms with Crippen molar-refractivity contribution in [2.45, 2.75) is 6.92 Å². The molecule has 0 saturated heterocycles. The van der Waals surface area contributed by atoms with E-state index in [4.69, 9.17) is 16.7 Å². The van der Waals surface area contributed by atoms with Crippen LogP contribution in [0.15, 0.2) is 6.20 Å². The second kappa shape index (κ2) is 3.18. The van der Waals surface area contributed by atoms with Gasteiger partial charge in [-0.25, -0.2) is 14.8 Å². The predicted molar refractivity (Wildman–Crippen MR) is 54.1 cm³/mol. The van der Waals surface area contributed by atoms with E-state index in [0.29, 0.717) is 16.0 Å². The molecule has 0 aromatic carbocycles. The fourth-order valence-corrected chi connectivity index (χ4v) is 2.39. The Labute approximate surface area is 88.2 Å². The highest BCUT2D eigenvalue weighted by atomic mass is 35.5. The lowest BCUT2D eigenvalue weighted by Crippen LogP contribution is -1.91. The highest BCUT2D eigenvalue weighted by molar-refractivity contribution is 7.21. The minimum atomic E-state index is -1.03. The van der Waals surface area contributed by atoms with E-state index in [1.165, 1.54) is 0 Å². The smallest absolute Gasteiger partial charge is 0.347 e. The van der Waals surface area contributed by atoms with Crippen molar-refractivity contribution in [3.63, 3.8) is 0 Å². The highest BCUT2D eigenvalue weighted by Gasteiger charge is 2.16. The van der Waals surface area contributed by atoms with E-state index in [9.17, 15) is 4.79 Å². The summed E-state index contributed by atoms with van der Waals surface area (Å²) in [5.41, 5.74) is 0. The summed E-state index contributed by atoms with van der Waals surface area (Å²) in [6.45, 7) is 1.74. The van der Waals surface area contributed by atoms with Crippen LogP contribution in [0.5, 0.6) is 0 Å². The minimum absolute atomic E-state index is 0.113. The Bertz CT molecular complexity index is 523. The van der Waals surface area contributed by atoms with Crippen LogP contribution < -0.4 is 0 Å². The zero-order valence-electron chi connectivity index (χ0n) is 7.11. The summed E-state index contributed by atoms with van der Waals surface area (Å²) < 4.78 is 0. The third kappa shape index (κ3) is 1.34. The number of carbonyl (C=O) groups is 1. The van der Waals surface area contributed by atoms with Gasteiger partial charge in [-0.2, -0.15) is 0 Å². The third-order valence-corrected chi connectivity index (χ3v) is 3.30. The second-order valence-electron chi connectivity index (χ2n) is 2.69. The van der Waals surface area contributed by atoms with Gasteiger partial charge >= 0.3 is 5.97 Å². The quantitative estimate of drug-likeness (QED) is 0.814. The van der Waals surface area contributed by atoms with Gasteiger partial charge < -0.3 is 5.11 Å². The van der Waals surface area contributed by atoms with E-state index in [0.717, 1.165) is 11.3 Å². The molecule has 0 aliphatic carbocycles. The molecule has 14 heavy (non-hydrogen) atoms. The van der Waals surface area contributed by atoms with Gasteiger partial charge in [-0.15, -0.1) is 11.3 Å².